The number of hydrogen-bond donors (Lipinski definition) is 2. The highest BCUT2D eigenvalue weighted by Crippen LogP contribution is 2.25. The molecule has 2 aliphatic rings. The smallest absolute Gasteiger partial charge is 0.240 e. The summed E-state index contributed by atoms with van der Waals surface area (Å²) in [5.41, 5.74) is 2.86. The van der Waals surface area contributed by atoms with Crippen molar-refractivity contribution in [3.63, 3.8) is 0 Å². The van der Waals surface area contributed by atoms with Crippen LogP contribution in [0.2, 0.25) is 0 Å². The summed E-state index contributed by atoms with van der Waals surface area (Å²) in [6.45, 7) is 5.23. The van der Waals surface area contributed by atoms with Crippen LogP contribution in [0.15, 0.2) is 53.4 Å². The SMILES string of the molecule is O=C1CCCc2cc(S(=O)(=O)NCCCN3CCN(c4ccccc4)CC3)ccc2N1. The summed E-state index contributed by atoms with van der Waals surface area (Å²) < 4.78 is 28.1. The Labute approximate surface area is 184 Å². The van der Waals surface area contributed by atoms with Gasteiger partial charge in [0.1, 0.15) is 0 Å². The van der Waals surface area contributed by atoms with E-state index in [0.717, 1.165) is 56.8 Å². The fraction of sp³-hybridized carbons (Fsp3) is 0.435. The number of para-hydroxylation sites is 1. The molecule has 2 aromatic carbocycles. The molecule has 4 rings (SSSR count). The predicted octanol–water partition coefficient (Wildman–Crippen LogP) is 2.45. The Morgan fingerprint density at radius 2 is 1.74 bits per heavy atom. The van der Waals surface area contributed by atoms with Crippen LogP contribution < -0.4 is 14.9 Å². The van der Waals surface area contributed by atoms with Crippen LogP contribution in [0.25, 0.3) is 0 Å². The summed E-state index contributed by atoms with van der Waals surface area (Å²) in [6, 6.07) is 15.4. The van der Waals surface area contributed by atoms with Gasteiger partial charge in [-0.2, -0.15) is 0 Å². The van der Waals surface area contributed by atoms with Crippen molar-refractivity contribution in [1.82, 2.24) is 9.62 Å². The van der Waals surface area contributed by atoms with Gasteiger partial charge in [-0.3, -0.25) is 9.69 Å². The number of sulfonamides is 1. The summed E-state index contributed by atoms with van der Waals surface area (Å²) in [6.07, 6.45) is 2.67. The van der Waals surface area contributed by atoms with Crippen molar-refractivity contribution in [1.29, 1.82) is 0 Å². The van der Waals surface area contributed by atoms with E-state index in [9.17, 15) is 13.2 Å². The Morgan fingerprint density at radius 1 is 0.968 bits per heavy atom. The number of fused-ring (bicyclic) bond motifs is 1. The van der Waals surface area contributed by atoms with E-state index >= 15 is 0 Å². The Bertz CT molecular complexity index is 1000. The third-order valence-corrected chi connectivity index (χ3v) is 7.41. The van der Waals surface area contributed by atoms with Crippen LogP contribution in [0, 0.1) is 0 Å². The van der Waals surface area contributed by atoms with Gasteiger partial charge in [-0.15, -0.1) is 0 Å². The highest BCUT2D eigenvalue weighted by Gasteiger charge is 2.20. The molecule has 2 aliphatic heterocycles. The highest BCUT2D eigenvalue weighted by molar-refractivity contribution is 7.89. The van der Waals surface area contributed by atoms with Crippen molar-refractivity contribution in [2.75, 3.05) is 49.5 Å². The molecule has 0 saturated carbocycles. The molecule has 0 atom stereocenters. The minimum Gasteiger partial charge on any atom is -0.369 e. The van der Waals surface area contributed by atoms with Crippen molar-refractivity contribution in [2.45, 2.75) is 30.6 Å². The first kappa shape index (κ1) is 21.8. The number of nitrogens with one attached hydrogen (secondary N) is 2. The molecule has 2 aromatic rings. The minimum absolute atomic E-state index is 0.0166. The number of benzene rings is 2. The third-order valence-electron chi connectivity index (χ3n) is 5.95. The molecule has 31 heavy (non-hydrogen) atoms. The molecule has 0 aliphatic carbocycles. The van der Waals surface area contributed by atoms with Gasteiger partial charge < -0.3 is 10.2 Å². The molecule has 2 heterocycles. The zero-order valence-corrected chi connectivity index (χ0v) is 18.5. The van der Waals surface area contributed by atoms with Crippen LogP contribution in [0.5, 0.6) is 0 Å². The molecule has 0 unspecified atom stereocenters. The van der Waals surface area contributed by atoms with Gasteiger partial charge in [0.05, 0.1) is 4.90 Å². The molecule has 7 nitrogen and oxygen atoms in total. The van der Waals surface area contributed by atoms with E-state index < -0.39 is 10.0 Å². The lowest BCUT2D eigenvalue weighted by molar-refractivity contribution is -0.116. The standard InChI is InChI=1S/C23H30N4O3S/c28-23-9-4-6-19-18-21(10-11-22(19)25-23)31(29,30)24-12-5-13-26-14-16-27(17-15-26)20-7-2-1-3-8-20/h1-3,7-8,10-11,18,24H,4-6,9,12-17H2,(H,25,28). The first-order chi connectivity index (χ1) is 15.0. The lowest BCUT2D eigenvalue weighted by atomic mass is 10.1. The van der Waals surface area contributed by atoms with Crippen LogP contribution in [0.4, 0.5) is 11.4 Å². The second-order valence-electron chi connectivity index (χ2n) is 8.14. The fourth-order valence-corrected chi connectivity index (χ4v) is 5.30. The summed E-state index contributed by atoms with van der Waals surface area (Å²) in [5.74, 6) is -0.0166. The largest absolute Gasteiger partial charge is 0.369 e. The van der Waals surface area contributed by atoms with E-state index in [4.69, 9.17) is 0 Å². The van der Waals surface area contributed by atoms with Crippen LogP contribution in [0.3, 0.4) is 0 Å². The molecule has 1 saturated heterocycles. The average molecular weight is 443 g/mol. The van der Waals surface area contributed by atoms with Gasteiger partial charge in [0.2, 0.25) is 15.9 Å². The topological polar surface area (TPSA) is 81.8 Å². The van der Waals surface area contributed by atoms with Crippen molar-refractivity contribution in [2.24, 2.45) is 0 Å². The number of aryl methyl sites for hydroxylation is 1. The lowest BCUT2D eigenvalue weighted by Crippen LogP contribution is -2.47. The molecule has 1 fully saturated rings. The number of rotatable bonds is 7. The van der Waals surface area contributed by atoms with E-state index in [-0.39, 0.29) is 10.8 Å². The maximum atomic E-state index is 12.7. The zero-order chi connectivity index (χ0) is 21.7. The second-order valence-corrected chi connectivity index (χ2v) is 9.90. The molecule has 0 radical (unpaired) electrons. The Balaban J connectivity index is 1.23. The lowest BCUT2D eigenvalue weighted by Gasteiger charge is -2.36. The van der Waals surface area contributed by atoms with Crippen LogP contribution in [-0.4, -0.2) is 58.5 Å². The van der Waals surface area contributed by atoms with Crippen molar-refractivity contribution in [3.8, 4) is 0 Å². The molecule has 0 spiro atoms. The number of carbonyl (C=O) groups is 1. The maximum absolute atomic E-state index is 12.7. The number of hydrogen-bond acceptors (Lipinski definition) is 5. The Morgan fingerprint density at radius 3 is 2.52 bits per heavy atom. The van der Waals surface area contributed by atoms with Gasteiger partial charge in [0.15, 0.2) is 0 Å². The normalized spacial score (nSPS) is 17.7. The highest BCUT2D eigenvalue weighted by atomic mass is 32.2. The third kappa shape index (κ3) is 5.64. The van der Waals surface area contributed by atoms with Crippen LogP contribution in [-0.2, 0) is 21.2 Å². The van der Waals surface area contributed by atoms with Gasteiger partial charge >= 0.3 is 0 Å². The monoisotopic (exact) mass is 442 g/mol. The number of carbonyl (C=O) groups excluding carboxylic acids is 1. The Hall–Kier alpha value is -2.42. The van der Waals surface area contributed by atoms with E-state index in [1.54, 1.807) is 18.2 Å². The molecule has 8 heteroatoms. The number of piperazine rings is 1. The van der Waals surface area contributed by atoms with Crippen molar-refractivity contribution < 1.29 is 13.2 Å². The zero-order valence-electron chi connectivity index (χ0n) is 17.7. The van der Waals surface area contributed by atoms with Crippen LogP contribution in [0.1, 0.15) is 24.8 Å². The van der Waals surface area contributed by atoms with E-state index in [0.29, 0.717) is 19.4 Å². The maximum Gasteiger partial charge on any atom is 0.240 e. The van der Waals surface area contributed by atoms with E-state index in [1.165, 1.54) is 5.69 Å². The summed E-state index contributed by atoms with van der Waals surface area (Å²) in [4.78, 5) is 16.7. The molecule has 1 amide bonds. The molecule has 0 aromatic heterocycles. The van der Waals surface area contributed by atoms with Crippen molar-refractivity contribution in [3.05, 3.63) is 54.1 Å². The van der Waals surface area contributed by atoms with Crippen molar-refractivity contribution >= 4 is 27.3 Å². The van der Waals surface area contributed by atoms with Crippen LogP contribution >= 0.6 is 0 Å². The number of nitrogens with zero attached hydrogens (tertiary/aromatic N) is 2. The predicted molar refractivity (Wildman–Crippen MR) is 123 cm³/mol. The molecular formula is C23H30N4O3S. The fourth-order valence-electron chi connectivity index (χ4n) is 4.18. The van der Waals surface area contributed by atoms with Gasteiger partial charge in [-0.05, 0) is 61.7 Å². The summed E-state index contributed by atoms with van der Waals surface area (Å²) in [5, 5.41) is 2.84. The summed E-state index contributed by atoms with van der Waals surface area (Å²) >= 11 is 0. The number of amides is 1. The Kier molecular flexibility index (Phi) is 6.89. The molecular weight excluding hydrogens is 412 g/mol. The van der Waals surface area contributed by atoms with Gasteiger partial charge in [-0.25, -0.2) is 13.1 Å². The van der Waals surface area contributed by atoms with Gasteiger partial charge in [-0.1, -0.05) is 18.2 Å². The summed E-state index contributed by atoms with van der Waals surface area (Å²) in [7, 11) is -3.56. The molecule has 2 N–H and O–H groups in total. The first-order valence-electron chi connectivity index (χ1n) is 11.0. The van der Waals surface area contributed by atoms with E-state index in [2.05, 4.69) is 44.1 Å². The molecule has 0 bridgehead atoms. The quantitative estimate of drug-likeness (QED) is 0.644. The van der Waals surface area contributed by atoms with Gasteiger partial charge in [0.25, 0.3) is 0 Å². The second kappa shape index (κ2) is 9.80. The van der Waals surface area contributed by atoms with Gasteiger partial charge in [0, 0.05) is 50.5 Å². The minimum atomic E-state index is -3.56. The average Bonchev–Trinajstić information content (AvgIpc) is 2.97. The first-order valence-corrected chi connectivity index (χ1v) is 12.4. The molecule has 166 valence electrons. The van der Waals surface area contributed by atoms with E-state index in [1.807, 2.05) is 6.07 Å². The number of anilines is 2.